The standard InChI is InChI=1S/C18H26N4O2/c1-18(2,24-3)12-20-17(23)16(19)9-15-11-22(13-21-15)10-14-7-5-4-6-8-14/h4-8,11,13,16H,9-10,12,19H2,1-3H3,(H,20,23)/t16-/m0/s1. The molecule has 0 radical (unpaired) electrons. The monoisotopic (exact) mass is 330 g/mol. The maximum Gasteiger partial charge on any atom is 0.237 e. The average molecular weight is 330 g/mol. The minimum absolute atomic E-state index is 0.197. The van der Waals surface area contributed by atoms with E-state index in [0.717, 1.165) is 12.2 Å². The Balaban J connectivity index is 1.86. The summed E-state index contributed by atoms with van der Waals surface area (Å²) in [4.78, 5) is 16.4. The summed E-state index contributed by atoms with van der Waals surface area (Å²) in [5.41, 5.74) is 7.57. The molecule has 0 unspecified atom stereocenters. The summed E-state index contributed by atoms with van der Waals surface area (Å²) in [6.45, 7) is 4.98. The van der Waals surface area contributed by atoms with E-state index in [1.165, 1.54) is 5.56 Å². The summed E-state index contributed by atoms with van der Waals surface area (Å²) >= 11 is 0. The number of rotatable bonds is 8. The van der Waals surface area contributed by atoms with Crippen molar-refractivity contribution in [2.45, 2.75) is 38.5 Å². The van der Waals surface area contributed by atoms with E-state index in [2.05, 4.69) is 22.4 Å². The smallest absolute Gasteiger partial charge is 0.237 e. The van der Waals surface area contributed by atoms with Crippen molar-refractivity contribution in [3.8, 4) is 0 Å². The van der Waals surface area contributed by atoms with Crippen LogP contribution in [0.5, 0.6) is 0 Å². The molecular weight excluding hydrogens is 304 g/mol. The molecule has 130 valence electrons. The van der Waals surface area contributed by atoms with Crippen LogP contribution in [0.4, 0.5) is 0 Å². The maximum absolute atomic E-state index is 12.1. The lowest BCUT2D eigenvalue weighted by Gasteiger charge is -2.24. The van der Waals surface area contributed by atoms with Gasteiger partial charge in [0.05, 0.1) is 23.7 Å². The molecule has 1 aromatic carbocycles. The van der Waals surface area contributed by atoms with Crippen LogP contribution < -0.4 is 11.1 Å². The van der Waals surface area contributed by atoms with Gasteiger partial charge in [0.25, 0.3) is 0 Å². The van der Waals surface area contributed by atoms with Crippen LogP contribution in [0.1, 0.15) is 25.1 Å². The van der Waals surface area contributed by atoms with E-state index >= 15 is 0 Å². The number of imidazole rings is 1. The third kappa shape index (κ3) is 5.47. The Morgan fingerprint density at radius 2 is 2.08 bits per heavy atom. The van der Waals surface area contributed by atoms with E-state index in [1.54, 1.807) is 13.4 Å². The van der Waals surface area contributed by atoms with Gasteiger partial charge in [-0.1, -0.05) is 30.3 Å². The zero-order chi connectivity index (χ0) is 17.6. The lowest BCUT2D eigenvalue weighted by atomic mass is 10.1. The highest BCUT2D eigenvalue weighted by Gasteiger charge is 2.21. The largest absolute Gasteiger partial charge is 0.377 e. The van der Waals surface area contributed by atoms with Crippen LogP contribution in [0.2, 0.25) is 0 Å². The van der Waals surface area contributed by atoms with Crippen LogP contribution in [0.3, 0.4) is 0 Å². The lowest BCUT2D eigenvalue weighted by Crippen LogP contribution is -2.47. The molecule has 0 aliphatic heterocycles. The molecule has 1 aromatic heterocycles. The fraction of sp³-hybridized carbons (Fsp3) is 0.444. The highest BCUT2D eigenvalue weighted by Crippen LogP contribution is 2.07. The first-order valence-electron chi connectivity index (χ1n) is 8.02. The molecule has 2 rings (SSSR count). The Kier molecular flexibility index (Phi) is 6.11. The molecule has 3 N–H and O–H groups in total. The zero-order valence-electron chi connectivity index (χ0n) is 14.5. The fourth-order valence-corrected chi connectivity index (χ4v) is 2.21. The summed E-state index contributed by atoms with van der Waals surface area (Å²) in [7, 11) is 1.62. The Morgan fingerprint density at radius 1 is 1.38 bits per heavy atom. The maximum atomic E-state index is 12.1. The highest BCUT2D eigenvalue weighted by molar-refractivity contribution is 5.81. The van der Waals surface area contributed by atoms with Gasteiger partial charge in [0.1, 0.15) is 0 Å². The number of aromatic nitrogens is 2. The second-order valence-corrected chi connectivity index (χ2v) is 6.52. The Labute approximate surface area is 143 Å². The second kappa shape index (κ2) is 8.08. The first kappa shape index (κ1) is 18.2. The molecule has 6 heteroatoms. The van der Waals surface area contributed by atoms with Gasteiger partial charge in [-0.3, -0.25) is 4.79 Å². The van der Waals surface area contributed by atoms with Gasteiger partial charge in [0, 0.05) is 32.8 Å². The fourth-order valence-electron chi connectivity index (χ4n) is 2.21. The molecule has 1 atom stereocenters. The lowest BCUT2D eigenvalue weighted by molar-refractivity contribution is -0.123. The van der Waals surface area contributed by atoms with Crippen LogP contribution in [0, 0.1) is 0 Å². The number of carbonyl (C=O) groups excluding carboxylic acids is 1. The van der Waals surface area contributed by atoms with E-state index in [9.17, 15) is 4.79 Å². The summed E-state index contributed by atoms with van der Waals surface area (Å²) < 4.78 is 7.26. The molecule has 24 heavy (non-hydrogen) atoms. The van der Waals surface area contributed by atoms with Crippen molar-refractivity contribution < 1.29 is 9.53 Å². The van der Waals surface area contributed by atoms with Crippen LogP contribution >= 0.6 is 0 Å². The van der Waals surface area contributed by atoms with E-state index in [1.807, 2.05) is 42.8 Å². The minimum atomic E-state index is -0.627. The van der Waals surface area contributed by atoms with Crippen molar-refractivity contribution in [2.24, 2.45) is 5.73 Å². The predicted molar refractivity (Wildman–Crippen MR) is 93.5 cm³/mol. The van der Waals surface area contributed by atoms with Crippen molar-refractivity contribution in [3.63, 3.8) is 0 Å². The van der Waals surface area contributed by atoms with E-state index in [4.69, 9.17) is 10.5 Å². The number of nitrogens with one attached hydrogen (secondary N) is 1. The molecule has 2 aromatic rings. The van der Waals surface area contributed by atoms with Gasteiger partial charge < -0.3 is 20.4 Å². The molecule has 0 aliphatic carbocycles. The molecule has 1 amide bonds. The van der Waals surface area contributed by atoms with Crippen molar-refractivity contribution in [3.05, 3.63) is 54.1 Å². The SMILES string of the molecule is COC(C)(C)CNC(=O)[C@@H](N)Cc1cn(Cc2ccccc2)cn1. The molecule has 0 aliphatic rings. The number of carbonyl (C=O) groups is 1. The van der Waals surface area contributed by atoms with Gasteiger partial charge in [-0.05, 0) is 19.4 Å². The number of methoxy groups -OCH3 is 1. The van der Waals surface area contributed by atoms with Crippen LogP contribution in [-0.4, -0.2) is 40.8 Å². The number of hydrogen-bond donors (Lipinski definition) is 2. The van der Waals surface area contributed by atoms with Gasteiger partial charge >= 0.3 is 0 Å². The molecule has 0 bridgehead atoms. The molecule has 0 fully saturated rings. The Morgan fingerprint density at radius 3 is 2.75 bits per heavy atom. The van der Waals surface area contributed by atoms with E-state index in [-0.39, 0.29) is 5.91 Å². The molecule has 0 saturated carbocycles. The number of benzene rings is 1. The third-order valence-corrected chi connectivity index (χ3v) is 3.90. The first-order chi connectivity index (χ1) is 11.4. The first-order valence-corrected chi connectivity index (χ1v) is 8.02. The summed E-state index contributed by atoms with van der Waals surface area (Å²) in [6.07, 6.45) is 4.10. The zero-order valence-corrected chi connectivity index (χ0v) is 14.5. The van der Waals surface area contributed by atoms with Crippen molar-refractivity contribution in [1.82, 2.24) is 14.9 Å². The molecule has 0 spiro atoms. The quantitative estimate of drug-likeness (QED) is 0.765. The highest BCUT2D eigenvalue weighted by atomic mass is 16.5. The third-order valence-electron chi connectivity index (χ3n) is 3.90. The predicted octanol–water partition coefficient (Wildman–Crippen LogP) is 1.34. The van der Waals surface area contributed by atoms with Gasteiger partial charge in [-0.2, -0.15) is 0 Å². The number of hydrogen-bond acceptors (Lipinski definition) is 4. The van der Waals surface area contributed by atoms with Crippen LogP contribution in [0.15, 0.2) is 42.9 Å². The van der Waals surface area contributed by atoms with Crippen molar-refractivity contribution >= 4 is 5.91 Å². The van der Waals surface area contributed by atoms with Gasteiger partial charge in [-0.25, -0.2) is 4.98 Å². The number of nitrogens with two attached hydrogens (primary N) is 1. The van der Waals surface area contributed by atoms with Crippen molar-refractivity contribution in [1.29, 1.82) is 0 Å². The average Bonchev–Trinajstić information content (AvgIpc) is 3.00. The minimum Gasteiger partial charge on any atom is -0.377 e. The number of nitrogens with zero attached hydrogens (tertiary/aromatic N) is 2. The van der Waals surface area contributed by atoms with Crippen molar-refractivity contribution in [2.75, 3.05) is 13.7 Å². The van der Waals surface area contributed by atoms with Crippen LogP contribution in [-0.2, 0) is 22.5 Å². The second-order valence-electron chi connectivity index (χ2n) is 6.52. The normalized spacial score (nSPS) is 12.8. The Bertz CT molecular complexity index is 652. The van der Waals surface area contributed by atoms with Gasteiger partial charge in [0.2, 0.25) is 5.91 Å². The molecule has 6 nitrogen and oxygen atoms in total. The topological polar surface area (TPSA) is 82.2 Å². The molecule has 1 heterocycles. The summed E-state index contributed by atoms with van der Waals surface area (Å²) in [5, 5.41) is 2.82. The van der Waals surface area contributed by atoms with E-state index in [0.29, 0.717) is 13.0 Å². The van der Waals surface area contributed by atoms with E-state index < -0.39 is 11.6 Å². The number of ether oxygens (including phenoxy) is 1. The van der Waals surface area contributed by atoms with Crippen LogP contribution in [0.25, 0.3) is 0 Å². The summed E-state index contributed by atoms with van der Waals surface area (Å²) in [6, 6.07) is 9.51. The Hall–Kier alpha value is -2.18. The number of amides is 1. The van der Waals surface area contributed by atoms with Gasteiger partial charge in [0.15, 0.2) is 0 Å². The van der Waals surface area contributed by atoms with Gasteiger partial charge in [-0.15, -0.1) is 0 Å². The molecular formula is C18H26N4O2. The summed E-state index contributed by atoms with van der Waals surface area (Å²) in [5.74, 6) is -0.197. The molecule has 0 saturated heterocycles.